The van der Waals surface area contributed by atoms with Crippen LogP contribution in [0.3, 0.4) is 0 Å². The van der Waals surface area contributed by atoms with Gasteiger partial charge in [-0.05, 0) is 40.5 Å². The maximum atomic E-state index is 14.5. The SMILES string of the molecule is C[Si](C)(O[C@]1(COCc2ccccc2)CC(=O)[C@H](OCc2ccccc2)[C@@H](OCc2ccccc2)[C@@H]1OCc1ccccc1)c1ccccc1. The molecule has 5 aromatic carbocycles. The highest BCUT2D eigenvalue weighted by Gasteiger charge is 2.58. The number of rotatable bonds is 16. The maximum absolute atomic E-state index is 14.5. The highest BCUT2D eigenvalue weighted by molar-refractivity contribution is 6.84. The highest BCUT2D eigenvalue weighted by Crippen LogP contribution is 2.39. The zero-order valence-electron chi connectivity index (χ0n) is 28.9. The summed E-state index contributed by atoms with van der Waals surface area (Å²) in [7, 11) is -2.67. The highest BCUT2D eigenvalue weighted by atomic mass is 28.4. The predicted molar refractivity (Wildman–Crippen MR) is 198 cm³/mol. The summed E-state index contributed by atoms with van der Waals surface area (Å²) in [6.07, 6.45) is -2.33. The number of carbonyl (C=O) groups excluding carboxylic acids is 1. The molecule has 0 aliphatic heterocycles. The minimum absolute atomic E-state index is 0.0508. The number of ether oxygens (including phenoxy) is 4. The molecule has 0 amide bonds. The van der Waals surface area contributed by atoms with Crippen LogP contribution >= 0.6 is 0 Å². The summed E-state index contributed by atoms with van der Waals surface area (Å²) in [5.41, 5.74) is 2.83. The summed E-state index contributed by atoms with van der Waals surface area (Å²) in [5.74, 6) is -0.0975. The van der Waals surface area contributed by atoms with E-state index >= 15 is 0 Å². The fourth-order valence-corrected chi connectivity index (χ4v) is 8.99. The number of hydrogen-bond donors (Lipinski definition) is 0. The molecule has 1 fully saturated rings. The Hall–Kier alpha value is -4.21. The normalized spacial score (nSPS) is 20.8. The number of Topliss-reactive ketones (excluding diaryl/α,β-unsaturated/α-hetero) is 1. The van der Waals surface area contributed by atoms with Crippen molar-refractivity contribution in [2.45, 2.75) is 69.9 Å². The molecule has 4 atom stereocenters. The van der Waals surface area contributed by atoms with E-state index in [1.54, 1.807) is 0 Å². The lowest BCUT2D eigenvalue weighted by Crippen LogP contribution is -2.69. The van der Waals surface area contributed by atoms with E-state index in [9.17, 15) is 4.79 Å². The number of ketones is 1. The molecule has 0 saturated heterocycles. The second kappa shape index (κ2) is 17.1. The predicted octanol–water partition coefficient (Wildman–Crippen LogP) is 7.80. The molecule has 0 heterocycles. The average molecular weight is 687 g/mol. The zero-order chi connectivity index (χ0) is 34.7. The molecule has 6 nitrogen and oxygen atoms in total. The molecular formula is C43H46O6Si. The Bertz CT molecular complexity index is 1740. The zero-order valence-corrected chi connectivity index (χ0v) is 29.9. The Morgan fingerprint density at radius 1 is 0.560 bits per heavy atom. The van der Waals surface area contributed by atoms with Crippen molar-refractivity contribution in [2.24, 2.45) is 0 Å². The molecule has 7 heteroatoms. The van der Waals surface area contributed by atoms with Gasteiger partial charge in [0.1, 0.15) is 23.9 Å². The van der Waals surface area contributed by atoms with Crippen LogP contribution in [-0.4, -0.2) is 44.6 Å². The Balaban J connectivity index is 1.40. The van der Waals surface area contributed by atoms with E-state index in [0.717, 1.165) is 27.4 Å². The van der Waals surface area contributed by atoms with Gasteiger partial charge in [0.25, 0.3) is 0 Å². The van der Waals surface area contributed by atoms with Crippen molar-refractivity contribution in [1.29, 1.82) is 0 Å². The third-order valence-electron chi connectivity index (χ3n) is 9.12. The third kappa shape index (κ3) is 9.31. The molecule has 0 aromatic heterocycles. The summed E-state index contributed by atoms with van der Waals surface area (Å²) in [5, 5.41) is 1.11. The van der Waals surface area contributed by atoms with Crippen molar-refractivity contribution in [3.8, 4) is 0 Å². The van der Waals surface area contributed by atoms with Gasteiger partial charge in [-0.1, -0.05) is 152 Å². The summed E-state index contributed by atoms with van der Waals surface area (Å²) in [6.45, 7) is 5.66. The minimum atomic E-state index is -2.67. The number of carbonyl (C=O) groups is 1. The monoisotopic (exact) mass is 686 g/mol. The maximum Gasteiger partial charge on any atom is 0.219 e. The molecule has 0 N–H and O–H groups in total. The van der Waals surface area contributed by atoms with Crippen LogP contribution in [0.5, 0.6) is 0 Å². The van der Waals surface area contributed by atoms with Crippen molar-refractivity contribution in [1.82, 2.24) is 0 Å². The Morgan fingerprint density at radius 3 is 1.48 bits per heavy atom. The standard InChI is InChI=1S/C43H46O6Si/c1-50(2,38-26-16-7-17-27-38)49-43(33-45-29-34-18-8-3-9-19-34)28-39(44)40(46-30-35-20-10-4-11-21-35)41(47-31-36-22-12-5-13-23-36)42(43)48-32-37-24-14-6-15-25-37/h3-27,40-42H,28-33H2,1-2H3/t40-,41+,42-,43-/m0/s1. The molecule has 50 heavy (non-hydrogen) atoms. The molecule has 1 aliphatic rings. The molecule has 0 bridgehead atoms. The second-order valence-corrected chi connectivity index (χ2v) is 17.2. The van der Waals surface area contributed by atoms with E-state index in [4.69, 9.17) is 23.4 Å². The Morgan fingerprint density at radius 2 is 0.980 bits per heavy atom. The quantitative estimate of drug-likeness (QED) is 0.0988. The van der Waals surface area contributed by atoms with Crippen molar-refractivity contribution in [2.75, 3.05) is 6.61 Å². The van der Waals surface area contributed by atoms with Crippen molar-refractivity contribution in [3.63, 3.8) is 0 Å². The number of hydrogen-bond acceptors (Lipinski definition) is 6. The van der Waals surface area contributed by atoms with E-state index in [1.807, 2.05) is 140 Å². The molecule has 1 aliphatic carbocycles. The van der Waals surface area contributed by atoms with Gasteiger partial charge < -0.3 is 23.4 Å². The van der Waals surface area contributed by atoms with Gasteiger partial charge in [0, 0.05) is 6.42 Å². The fourth-order valence-electron chi connectivity index (χ4n) is 6.61. The van der Waals surface area contributed by atoms with Crippen LogP contribution in [0.15, 0.2) is 152 Å². The Kier molecular flexibility index (Phi) is 12.2. The third-order valence-corrected chi connectivity index (χ3v) is 11.8. The van der Waals surface area contributed by atoms with Crippen LogP contribution in [0.4, 0.5) is 0 Å². The lowest BCUT2D eigenvalue weighted by atomic mass is 9.78. The first kappa shape index (κ1) is 35.6. The van der Waals surface area contributed by atoms with E-state index in [0.29, 0.717) is 13.2 Å². The van der Waals surface area contributed by atoms with Crippen LogP contribution < -0.4 is 5.19 Å². The lowest BCUT2D eigenvalue weighted by Gasteiger charge is -2.51. The van der Waals surface area contributed by atoms with Gasteiger partial charge in [0.15, 0.2) is 5.78 Å². The first-order valence-electron chi connectivity index (χ1n) is 17.3. The Labute approximate surface area is 297 Å². The molecule has 258 valence electrons. The van der Waals surface area contributed by atoms with Gasteiger partial charge in [-0.2, -0.15) is 0 Å². The number of benzene rings is 5. The summed E-state index contributed by atoms with van der Waals surface area (Å²) < 4.78 is 34.2. The van der Waals surface area contributed by atoms with Gasteiger partial charge in [0.05, 0.1) is 33.0 Å². The minimum Gasteiger partial charge on any atom is -0.402 e. The average Bonchev–Trinajstić information content (AvgIpc) is 3.15. The van der Waals surface area contributed by atoms with E-state index in [-0.39, 0.29) is 32.0 Å². The molecule has 0 unspecified atom stereocenters. The van der Waals surface area contributed by atoms with E-state index < -0.39 is 32.2 Å². The van der Waals surface area contributed by atoms with Crippen molar-refractivity contribution >= 4 is 19.3 Å². The molecule has 0 spiro atoms. The van der Waals surface area contributed by atoms with Crippen LogP contribution in [0.1, 0.15) is 28.7 Å². The van der Waals surface area contributed by atoms with Gasteiger partial charge in [-0.15, -0.1) is 0 Å². The topological polar surface area (TPSA) is 63.2 Å². The smallest absolute Gasteiger partial charge is 0.219 e. The molecule has 5 aromatic rings. The van der Waals surface area contributed by atoms with Gasteiger partial charge in [0.2, 0.25) is 8.32 Å². The first-order chi connectivity index (χ1) is 24.4. The van der Waals surface area contributed by atoms with Crippen molar-refractivity contribution in [3.05, 3.63) is 174 Å². The van der Waals surface area contributed by atoms with Gasteiger partial charge in [-0.25, -0.2) is 0 Å². The van der Waals surface area contributed by atoms with E-state index in [2.05, 4.69) is 25.2 Å². The van der Waals surface area contributed by atoms with Gasteiger partial charge in [-0.3, -0.25) is 4.79 Å². The first-order valence-corrected chi connectivity index (χ1v) is 20.2. The largest absolute Gasteiger partial charge is 0.402 e. The van der Waals surface area contributed by atoms with Crippen LogP contribution in [0.2, 0.25) is 13.1 Å². The van der Waals surface area contributed by atoms with Gasteiger partial charge >= 0.3 is 0 Å². The van der Waals surface area contributed by atoms with Crippen LogP contribution in [0.25, 0.3) is 0 Å². The summed E-state index contributed by atoms with van der Waals surface area (Å²) in [6, 6.07) is 50.2. The molecular weight excluding hydrogens is 641 g/mol. The fraction of sp³-hybridized carbons (Fsp3) is 0.279. The van der Waals surface area contributed by atoms with Crippen molar-refractivity contribution < 1.29 is 28.2 Å². The molecule has 6 rings (SSSR count). The summed E-state index contributed by atoms with van der Waals surface area (Å²) >= 11 is 0. The second-order valence-electron chi connectivity index (χ2n) is 13.4. The van der Waals surface area contributed by atoms with Crippen LogP contribution in [0, 0.1) is 0 Å². The summed E-state index contributed by atoms with van der Waals surface area (Å²) in [4.78, 5) is 14.5. The lowest BCUT2D eigenvalue weighted by molar-refractivity contribution is -0.235. The molecule has 0 radical (unpaired) electrons. The van der Waals surface area contributed by atoms with Crippen LogP contribution in [-0.2, 0) is 54.6 Å². The molecule has 1 saturated carbocycles. The van der Waals surface area contributed by atoms with E-state index in [1.165, 1.54) is 0 Å².